The number of benzene rings is 1. The summed E-state index contributed by atoms with van der Waals surface area (Å²) < 4.78 is 6.25. The van der Waals surface area contributed by atoms with Crippen LogP contribution < -0.4 is 4.74 Å². The molecule has 2 heterocycles. The summed E-state index contributed by atoms with van der Waals surface area (Å²) in [6.07, 6.45) is 1.50. The minimum atomic E-state index is -0.337. The van der Waals surface area contributed by atoms with E-state index in [1.54, 1.807) is 43.4 Å². The molecule has 2 aromatic rings. The fraction of sp³-hybridized carbons (Fsp3) is 0.480. The Hall–Kier alpha value is -2.97. The Balaban J connectivity index is 2.07. The van der Waals surface area contributed by atoms with Crippen molar-refractivity contribution in [3.05, 3.63) is 47.7 Å². The van der Waals surface area contributed by atoms with Gasteiger partial charge in [-0.1, -0.05) is 19.1 Å². The van der Waals surface area contributed by atoms with Crippen molar-refractivity contribution in [2.45, 2.75) is 26.0 Å². The van der Waals surface area contributed by atoms with Crippen LogP contribution in [0, 0.1) is 5.92 Å². The second-order valence-electron chi connectivity index (χ2n) is 9.24. The van der Waals surface area contributed by atoms with Crippen LogP contribution in [0.3, 0.4) is 0 Å². The zero-order valence-corrected chi connectivity index (χ0v) is 20.3. The van der Waals surface area contributed by atoms with Crippen LogP contribution >= 0.6 is 0 Å². The van der Waals surface area contributed by atoms with Crippen LogP contribution in [0.15, 0.2) is 36.5 Å². The molecule has 178 valence electrons. The number of rotatable bonds is 6. The molecule has 33 heavy (non-hydrogen) atoms. The third kappa shape index (κ3) is 5.51. The Labute approximate surface area is 195 Å². The van der Waals surface area contributed by atoms with Gasteiger partial charge >= 0.3 is 0 Å². The molecule has 0 bridgehead atoms. The van der Waals surface area contributed by atoms with E-state index in [2.05, 4.69) is 4.98 Å². The van der Waals surface area contributed by atoms with Crippen LogP contribution in [-0.2, 0) is 0 Å². The minimum Gasteiger partial charge on any atom is -0.472 e. The van der Waals surface area contributed by atoms with Gasteiger partial charge in [-0.3, -0.25) is 9.59 Å². The third-order valence-electron chi connectivity index (χ3n) is 5.92. The van der Waals surface area contributed by atoms with Gasteiger partial charge in [0.1, 0.15) is 11.7 Å². The normalized spacial score (nSPS) is 19.4. The maximum absolute atomic E-state index is 13.5. The molecule has 8 nitrogen and oxygen atoms in total. The number of fused-ring (bicyclic) bond motifs is 1. The number of ether oxygens (including phenoxy) is 1. The van der Waals surface area contributed by atoms with Crippen LogP contribution in [0.5, 0.6) is 5.88 Å². The van der Waals surface area contributed by atoms with E-state index in [4.69, 9.17) is 4.74 Å². The first-order chi connectivity index (χ1) is 15.6. The number of hydrogen-bond acceptors (Lipinski definition) is 6. The molecule has 1 N–H and O–H groups in total. The smallest absolute Gasteiger partial charge is 0.259 e. The number of nitrogens with zero attached hydrogens (tertiary/aromatic N) is 4. The highest BCUT2D eigenvalue weighted by Gasteiger charge is 2.34. The van der Waals surface area contributed by atoms with Gasteiger partial charge in [0.25, 0.3) is 11.8 Å². The van der Waals surface area contributed by atoms with Crippen LogP contribution in [-0.4, -0.2) is 96.6 Å². The Morgan fingerprint density at radius 2 is 1.97 bits per heavy atom. The standard InChI is InChI=1S/C25H34N4O4/c1-16-13-29(17(2)15-30)25(32)21-11-20(12-26-23(21)33-22(16)14-27(3)4)18-8-7-9-19(10-18)24(31)28(5)6/h7-12,16-17,22,30H,13-15H2,1-6H3/t16-,17+,22-/m1/s1. The molecule has 0 radical (unpaired) electrons. The quantitative estimate of drug-likeness (QED) is 0.721. The summed E-state index contributed by atoms with van der Waals surface area (Å²) in [6.45, 7) is 4.89. The van der Waals surface area contributed by atoms with Gasteiger partial charge < -0.3 is 24.5 Å². The van der Waals surface area contributed by atoms with Crippen molar-refractivity contribution < 1.29 is 19.4 Å². The lowest BCUT2D eigenvalue weighted by atomic mass is 9.98. The molecule has 8 heteroatoms. The number of aliphatic hydroxyl groups is 1. The molecule has 1 aliphatic heterocycles. The van der Waals surface area contributed by atoms with Gasteiger partial charge in [0.2, 0.25) is 5.88 Å². The Kier molecular flexibility index (Phi) is 7.71. The van der Waals surface area contributed by atoms with Crippen molar-refractivity contribution in [2.75, 3.05) is 47.9 Å². The van der Waals surface area contributed by atoms with Crippen molar-refractivity contribution in [3.8, 4) is 17.0 Å². The second-order valence-corrected chi connectivity index (χ2v) is 9.24. The van der Waals surface area contributed by atoms with Crippen molar-refractivity contribution in [3.63, 3.8) is 0 Å². The van der Waals surface area contributed by atoms with Gasteiger partial charge in [-0.15, -0.1) is 0 Å². The molecule has 0 fully saturated rings. The fourth-order valence-corrected chi connectivity index (χ4v) is 3.93. The first-order valence-electron chi connectivity index (χ1n) is 11.2. The van der Waals surface area contributed by atoms with Gasteiger partial charge in [0.05, 0.1) is 12.6 Å². The van der Waals surface area contributed by atoms with E-state index in [0.29, 0.717) is 29.8 Å². The Morgan fingerprint density at radius 3 is 2.61 bits per heavy atom. The number of aliphatic hydroxyl groups excluding tert-OH is 1. The predicted molar refractivity (Wildman–Crippen MR) is 127 cm³/mol. The van der Waals surface area contributed by atoms with Crippen molar-refractivity contribution in [1.29, 1.82) is 0 Å². The first kappa shape index (κ1) is 24.7. The van der Waals surface area contributed by atoms with Gasteiger partial charge in [0.15, 0.2) is 0 Å². The molecule has 3 rings (SSSR count). The molecule has 0 spiro atoms. The van der Waals surface area contributed by atoms with E-state index < -0.39 is 0 Å². The van der Waals surface area contributed by atoms with Crippen LogP contribution in [0.4, 0.5) is 0 Å². The lowest BCUT2D eigenvalue weighted by Crippen LogP contribution is -2.49. The van der Waals surface area contributed by atoms with Crippen molar-refractivity contribution in [2.24, 2.45) is 5.92 Å². The minimum absolute atomic E-state index is 0.0497. The zero-order chi connectivity index (χ0) is 24.3. The summed E-state index contributed by atoms with van der Waals surface area (Å²) in [7, 11) is 7.38. The maximum Gasteiger partial charge on any atom is 0.259 e. The van der Waals surface area contributed by atoms with E-state index in [1.165, 1.54) is 4.90 Å². The first-order valence-corrected chi connectivity index (χ1v) is 11.2. The Bertz CT molecular complexity index is 1010. The molecular weight excluding hydrogens is 420 g/mol. The Morgan fingerprint density at radius 1 is 1.24 bits per heavy atom. The molecule has 1 aromatic carbocycles. The highest BCUT2D eigenvalue weighted by molar-refractivity contribution is 5.98. The molecule has 1 aliphatic rings. The fourth-order valence-electron chi connectivity index (χ4n) is 3.93. The average Bonchev–Trinajstić information content (AvgIpc) is 2.79. The van der Waals surface area contributed by atoms with Gasteiger partial charge in [-0.2, -0.15) is 0 Å². The largest absolute Gasteiger partial charge is 0.472 e. The van der Waals surface area contributed by atoms with Crippen LogP contribution in [0.2, 0.25) is 0 Å². The third-order valence-corrected chi connectivity index (χ3v) is 5.92. The zero-order valence-electron chi connectivity index (χ0n) is 20.3. The molecule has 3 atom stereocenters. The van der Waals surface area contributed by atoms with Crippen LogP contribution in [0.25, 0.3) is 11.1 Å². The molecule has 2 amide bonds. The topological polar surface area (TPSA) is 86.2 Å². The van der Waals surface area contributed by atoms with E-state index in [1.807, 2.05) is 45.0 Å². The van der Waals surface area contributed by atoms with E-state index in [9.17, 15) is 14.7 Å². The molecule has 0 unspecified atom stereocenters. The van der Waals surface area contributed by atoms with Crippen molar-refractivity contribution in [1.82, 2.24) is 19.7 Å². The van der Waals surface area contributed by atoms with Crippen molar-refractivity contribution >= 4 is 11.8 Å². The SMILES string of the molecule is C[C@@H]1CN([C@@H](C)CO)C(=O)c2cc(-c3cccc(C(=O)N(C)C)c3)cnc2O[C@@H]1CN(C)C. The summed E-state index contributed by atoms with van der Waals surface area (Å²) in [5.41, 5.74) is 2.41. The highest BCUT2D eigenvalue weighted by Crippen LogP contribution is 2.30. The summed E-state index contributed by atoms with van der Waals surface area (Å²) in [5.74, 6) is 0.0158. The lowest BCUT2D eigenvalue weighted by molar-refractivity contribution is 0.0348. The molecule has 0 saturated heterocycles. The monoisotopic (exact) mass is 454 g/mol. The molecule has 0 saturated carbocycles. The second kappa shape index (κ2) is 10.3. The summed E-state index contributed by atoms with van der Waals surface area (Å²) >= 11 is 0. The van der Waals surface area contributed by atoms with Gasteiger partial charge in [-0.05, 0) is 44.8 Å². The van der Waals surface area contributed by atoms with E-state index in [0.717, 1.165) is 5.56 Å². The van der Waals surface area contributed by atoms with Crippen LogP contribution in [0.1, 0.15) is 34.6 Å². The molecule has 0 aliphatic carbocycles. The number of amides is 2. The van der Waals surface area contributed by atoms with E-state index in [-0.39, 0.29) is 42.4 Å². The highest BCUT2D eigenvalue weighted by atomic mass is 16.5. The molecular formula is C25H34N4O4. The number of hydrogen-bond donors (Lipinski definition) is 1. The number of carbonyl (C=O) groups is 2. The number of likely N-dealkylation sites (N-methyl/N-ethyl adjacent to an activating group) is 1. The van der Waals surface area contributed by atoms with Gasteiger partial charge in [-0.25, -0.2) is 4.98 Å². The summed E-state index contributed by atoms with van der Waals surface area (Å²) in [6, 6.07) is 8.69. The maximum atomic E-state index is 13.5. The molecule has 1 aromatic heterocycles. The van der Waals surface area contributed by atoms with E-state index >= 15 is 0 Å². The number of aromatic nitrogens is 1. The average molecular weight is 455 g/mol. The number of carbonyl (C=O) groups excluding carboxylic acids is 2. The number of pyridine rings is 1. The summed E-state index contributed by atoms with van der Waals surface area (Å²) in [4.78, 5) is 35.7. The van der Waals surface area contributed by atoms with Gasteiger partial charge in [0, 0.05) is 50.4 Å². The predicted octanol–water partition coefficient (Wildman–Crippen LogP) is 2.23. The summed E-state index contributed by atoms with van der Waals surface area (Å²) in [5, 5.41) is 9.79. The lowest BCUT2D eigenvalue weighted by Gasteiger charge is -2.37.